The highest BCUT2D eigenvalue weighted by molar-refractivity contribution is 7.17. The molecule has 0 bridgehead atoms. The van der Waals surface area contributed by atoms with Crippen LogP contribution in [-0.4, -0.2) is 48.0 Å². The molecule has 1 saturated heterocycles. The van der Waals surface area contributed by atoms with Crippen molar-refractivity contribution in [3.63, 3.8) is 0 Å². The van der Waals surface area contributed by atoms with Crippen molar-refractivity contribution in [1.82, 2.24) is 20.1 Å². The molecule has 9 nitrogen and oxygen atoms in total. The third kappa shape index (κ3) is 6.34. The molecule has 2 N–H and O–H groups in total. The smallest absolute Gasteiger partial charge is 0.223 e. The van der Waals surface area contributed by atoms with Gasteiger partial charge >= 0.3 is 0 Å². The van der Waals surface area contributed by atoms with E-state index in [2.05, 4.69) is 67.6 Å². The zero-order valence-corrected chi connectivity index (χ0v) is 23.3. The lowest BCUT2D eigenvalue weighted by atomic mass is 9.96. The summed E-state index contributed by atoms with van der Waals surface area (Å²) in [5, 5.41) is 17.2. The van der Waals surface area contributed by atoms with Crippen molar-refractivity contribution in [1.29, 1.82) is 0 Å². The van der Waals surface area contributed by atoms with E-state index in [4.69, 9.17) is 9.47 Å². The van der Waals surface area contributed by atoms with Gasteiger partial charge in [-0.05, 0) is 62.2 Å². The minimum absolute atomic E-state index is 0.0332. The van der Waals surface area contributed by atoms with Crippen LogP contribution >= 0.6 is 11.3 Å². The molecule has 5 rings (SSSR count). The second-order valence-corrected chi connectivity index (χ2v) is 10.5. The van der Waals surface area contributed by atoms with E-state index in [1.54, 1.807) is 25.6 Å². The Kier molecular flexibility index (Phi) is 8.31. The van der Waals surface area contributed by atoms with Crippen LogP contribution in [0.4, 0.5) is 10.8 Å². The summed E-state index contributed by atoms with van der Waals surface area (Å²) >= 11 is 1.57. The monoisotopic (exact) mass is 546 g/mol. The number of nitrogens with zero attached hydrogens (tertiary/aromatic N) is 4. The Bertz CT molecular complexity index is 1390. The van der Waals surface area contributed by atoms with Gasteiger partial charge in [-0.15, -0.1) is 10.2 Å². The van der Waals surface area contributed by atoms with Crippen LogP contribution in [0.1, 0.15) is 29.7 Å². The summed E-state index contributed by atoms with van der Waals surface area (Å²) in [4.78, 5) is 15.1. The van der Waals surface area contributed by atoms with E-state index in [1.165, 1.54) is 5.56 Å². The molecule has 1 amide bonds. The van der Waals surface area contributed by atoms with Gasteiger partial charge in [0.2, 0.25) is 16.2 Å². The molecule has 0 spiro atoms. The Hall–Kier alpha value is -4.05. The van der Waals surface area contributed by atoms with Gasteiger partial charge in [0.1, 0.15) is 11.5 Å². The van der Waals surface area contributed by atoms with Crippen LogP contribution in [-0.2, 0) is 17.9 Å². The zero-order valence-electron chi connectivity index (χ0n) is 22.5. The number of carbonyl (C=O) groups is 1. The number of hydrogen-bond donors (Lipinski definition) is 2. The summed E-state index contributed by atoms with van der Waals surface area (Å²) < 4.78 is 12.8. The standard InChI is InChI=1S/C29H34N6O3S/c1-20-6-8-23(9-7-20)30-19-24-5-4-14-35(24)29-33-32-28(39-29)34-15-12-21(13-16-34)27(36)31-18-22-17-25(37-2)10-11-26(22)38-3/h4-11,14,17,21,30H,12-13,15-16,18-19H2,1-3H3,(H,31,36). The van der Waals surface area contributed by atoms with E-state index < -0.39 is 0 Å². The Balaban J connectivity index is 1.14. The van der Waals surface area contributed by atoms with E-state index in [0.29, 0.717) is 13.1 Å². The maximum Gasteiger partial charge on any atom is 0.223 e. The maximum absolute atomic E-state index is 12.9. The zero-order chi connectivity index (χ0) is 27.2. The number of anilines is 2. The van der Waals surface area contributed by atoms with Crippen LogP contribution in [0.15, 0.2) is 60.8 Å². The molecule has 1 aliphatic heterocycles. The van der Waals surface area contributed by atoms with Gasteiger partial charge in [-0.3, -0.25) is 9.36 Å². The van der Waals surface area contributed by atoms with Gasteiger partial charge in [0.05, 0.1) is 20.8 Å². The highest BCUT2D eigenvalue weighted by atomic mass is 32.1. The normalized spacial score (nSPS) is 13.8. The van der Waals surface area contributed by atoms with Crippen molar-refractivity contribution in [2.75, 3.05) is 37.5 Å². The van der Waals surface area contributed by atoms with E-state index >= 15 is 0 Å². The molecule has 3 heterocycles. The number of methoxy groups -OCH3 is 2. The first kappa shape index (κ1) is 26.6. The molecule has 2 aromatic heterocycles. The molecule has 0 unspecified atom stereocenters. The number of aromatic nitrogens is 3. The average molecular weight is 547 g/mol. The van der Waals surface area contributed by atoms with Gasteiger partial charge in [0.25, 0.3) is 0 Å². The molecule has 0 aliphatic carbocycles. The number of carbonyl (C=O) groups excluding carboxylic acids is 1. The summed E-state index contributed by atoms with van der Waals surface area (Å²) in [7, 11) is 3.25. The predicted molar refractivity (Wildman–Crippen MR) is 154 cm³/mol. The number of benzene rings is 2. The number of piperidine rings is 1. The Morgan fingerprint density at radius 3 is 2.51 bits per heavy atom. The highest BCUT2D eigenvalue weighted by Gasteiger charge is 2.27. The Morgan fingerprint density at radius 2 is 1.77 bits per heavy atom. The van der Waals surface area contributed by atoms with Gasteiger partial charge in [-0.2, -0.15) is 0 Å². The third-order valence-electron chi connectivity index (χ3n) is 7.05. The van der Waals surface area contributed by atoms with Gasteiger partial charge in [-0.1, -0.05) is 29.0 Å². The number of ether oxygens (including phenoxy) is 2. The van der Waals surface area contributed by atoms with Crippen molar-refractivity contribution in [3.8, 4) is 16.6 Å². The first-order valence-electron chi connectivity index (χ1n) is 13.1. The number of amides is 1. The fourth-order valence-electron chi connectivity index (χ4n) is 4.72. The lowest BCUT2D eigenvalue weighted by Gasteiger charge is -2.30. The molecule has 0 saturated carbocycles. The lowest BCUT2D eigenvalue weighted by Crippen LogP contribution is -2.40. The molecular formula is C29H34N6O3S. The molecule has 1 fully saturated rings. The van der Waals surface area contributed by atoms with Crippen LogP contribution in [0.5, 0.6) is 11.5 Å². The largest absolute Gasteiger partial charge is 0.497 e. The fraction of sp³-hybridized carbons (Fsp3) is 0.345. The topological polar surface area (TPSA) is 93.5 Å². The molecule has 1 aliphatic rings. The molecule has 0 radical (unpaired) electrons. The van der Waals surface area contributed by atoms with E-state index in [9.17, 15) is 4.79 Å². The van der Waals surface area contributed by atoms with Crippen molar-refractivity contribution in [2.45, 2.75) is 32.9 Å². The highest BCUT2D eigenvalue weighted by Crippen LogP contribution is 2.29. The number of hydrogen-bond acceptors (Lipinski definition) is 8. The lowest BCUT2D eigenvalue weighted by molar-refractivity contribution is -0.125. The molecule has 10 heteroatoms. The summed E-state index contributed by atoms with van der Waals surface area (Å²) in [6.45, 7) is 4.70. The van der Waals surface area contributed by atoms with Crippen molar-refractivity contribution < 1.29 is 14.3 Å². The second-order valence-electron chi connectivity index (χ2n) is 9.61. The van der Waals surface area contributed by atoms with Crippen molar-refractivity contribution in [2.24, 2.45) is 5.92 Å². The predicted octanol–water partition coefficient (Wildman–Crippen LogP) is 4.80. The van der Waals surface area contributed by atoms with Gasteiger partial charge in [0, 0.05) is 48.7 Å². The molecule has 0 atom stereocenters. The van der Waals surface area contributed by atoms with E-state index in [0.717, 1.165) is 64.6 Å². The molecular weight excluding hydrogens is 512 g/mol. The summed E-state index contributed by atoms with van der Waals surface area (Å²) in [6, 6.07) is 18.1. The third-order valence-corrected chi connectivity index (χ3v) is 8.03. The summed E-state index contributed by atoms with van der Waals surface area (Å²) in [6.07, 6.45) is 3.56. The van der Waals surface area contributed by atoms with Crippen LogP contribution in [0.25, 0.3) is 5.13 Å². The average Bonchev–Trinajstić information content (AvgIpc) is 3.65. The quantitative estimate of drug-likeness (QED) is 0.295. The van der Waals surface area contributed by atoms with Crippen LogP contribution in [0.3, 0.4) is 0 Å². The summed E-state index contributed by atoms with van der Waals surface area (Å²) in [5.74, 6) is 1.50. The SMILES string of the molecule is COc1ccc(OC)c(CNC(=O)C2CCN(c3nnc(-n4cccc4CNc4ccc(C)cc4)s3)CC2)c1. The van der Waals surface area contributed by atoms with Crippen LogP contribution in [0.2, 0.25) is 0 Å². The minimum atomic E-state index is -0.0332. The number of nitrogens with one attached hydrogen (secondary N) is 2. The Morgan fingerprint density at radius 1 is 1.00 bits per heavy atom. The minimum Gasteiger partial charge on any atom is -0.497 e. The molecule has 2 aromatic carbocycles. The molecule has 204 valence electrons. The van der Waals surface area contributed by atoms with Gasteiger partial charge in [0.15, 0.2) is 0 Å². The molecule has 39 heavy (non-hydrogen) atoms. The molecule has 4 aromatic rings. The van der Waals surface area contributed by atoms with Gasteiger partial charge in [-0.25, -0.2) is 0 Å². The van der Waals surface area contributed by atoms with Crippen LogP contribution in [0, 0.1) is 12.8 Å². The van der Waals surface area contributed by atoms with Crippen molar-refractivity contribution >= 4 is 28.1 Å². The van der Waals surface area contributed by atoms with E-state index in [1.807, 2.05) is 30.5 Å². The van der Waals surface area contributed by atoms with Crippen molar-refractivity contribution in [3.05, 3.63) is 77.6 Å². The first-order valence-corrected chi connectivity index (χ1v) is 13.9. The van der Waals surface area contributed by atoms with E-state index in [-0.39, 0.29) is 11.8 Å². The number of aryl methyl sites for hydroxylation is 1. The second kappa shape index (κ2) is 12.2. The van der Waals surface area contributed by atoms with Gasteiger partial charge < -0.3 is 25.0 Å². The number of rotatable bonds is 10. The Labute approximate surface area is 232 Å². The fourth-order valence-corrected chi connectivity index (χ4v) is 5.64. The summed E-state index contributed by atoms with van der Waals surface area (Å²) in [5.41, 5.74) is 4.33. The maximum atomic E-state index is 12.9. The first-order chi connectivity index (χ1) is 19.0. The van der Waals surface area contributed by atoms with Crippen LogP contribution < -0.4 is 25.0 Å².